The first-order chi connectivity index (χ1) is 18.3. The van der Waals surface area contributed by atoms with Crippen LogP contribution >= 0.6 is 34.9 Å². The Bertz CT molecular complexity index is 1440. The van der Waals surface area contributed by atoms with Crippen LogP contribution in [-0.4, -0.2) is 53.2 Å². The van der Waals surface area contributed by atoms with Crippen LogP contribution in [0.15, 0.2) is 58.0 Å². The summed E-state index contributed by atoms with van der Waals surface area (Å²) in [5, 5.41) is 33.2. The van der Waals surface area contributed by atoms with Gasteiger partial charge >= 0.3 is 0 Å². The van der Waals surface area contributed by atoms with E-state index in [4.69, 9.17) is 0 Å². The van der Waals surface area contributed by atoms with Gasteiger partial charge in [0, 0.05) is 23.4 Å². The number of rotatable bonds is 11. The highest BCUT2D eigenvalue weighted by atomic mass is 32.2. The normalized spacial score (nSPS) is 10.8. The molecule has 0 fully saturated rings. The van der Waals surface area contributed by atoms with Crippen LogP contribution in [0.25, 0.3) is 5.69 Å². The fourth-order valence-electron chi connectivity index (χ4n) is 3.08. The van der Waals surface area contributed by atoms with Crippen molar-refractivity contribution in [3.63, 3.8) is 0 Å². The van der Waals surface area contributed by atoms with E-state index in [2.05, 4.69) is 31.0 Å². The second-order valence-electron chi connectivity index (χ2n) is 7.34. The second-order valence-corrected chi connectivity index (χ2v) is 10.8. The zero-order valence-corrected chi connectivity index (χ0v) is 22.1. The maximum absolute atomic E-state index is 13.6. The molecule has 0 radical (unpaired) electrons. The molecule has 16 heteroatoms. The van der Waals surface area contributed by atoms with Gasteiger partial charge in [-0.25, -0.2) is 4.39 Å². The number of thioether (sulfide) groups is 2. The lowest BCUT2D eigenvalue weighted by Crippen LogP contribution is -2.24. The molecule has 0 atom stereocenters. The van der Waals surface area contributed by atoms with E-state index in [0.717, 1.165) is 21.9 Å². The lowest BCUT2D eigenvalue weighted by atomic mass is 10.2. The average molecular weight is 575 g/mol. The highest BCUT2D eigenvalue weighted by Crippen LogP contribution is 2.26. The molecule has 2 N–H and O–H groups in total. The highest BCUT2D eigenvalue weighted by Gasteiger charge is 2.18. The first-order valence-electron chi connectivity index (χ1n) is 11.0. The van der Waals surface area contributed by atoms with Gasteiger partial charge in [0.15, 0.2) is 15.3 Å². The number of benzene rings is 2. The van der Waals surface area contributed by atoms with Gasteiger partial charge in [0.25, 0.3) is 11.6 Å². The molecule has 38 heavy (non-hydrogen) atoms. The molecule has 0 aliphatic rings. The van der Waals surface area contributed by atoms with Crippen molar-refractivity contribution in [2.75, 3.05) is 16.8 Å². The minimum Gasteiger partial charge on any atom is -0.345 e. The predicted octanol–water partition coefficient (Wildman–Crippen LogP) is 3.94. The van der Waals surface area contributed by atoms with Crippen LogP contribution in [0, 0.1) is 15.9 Å². The first kappa shape index (κ1) is 27.2. The molecule has 0 aliphatic carbocycles. The Balaban J connectivity index is 1.46. The van der Waals surface area contributed by atoms with Crippen LogP contribution in [0.5, 0.6) is 0 Å². The molecule has 0 unspecified atom stereocenters. The SMILES string of the molecule is CCSc1nnc(NC(=O)CSc2nnc(CNC(=O)c3ccc([N+](=O)[O-])cc3)n2-c2ccc(F)cc2)s1. The Morgan fingerprint density at radius 2 is 1.79 bits per heavy atom. The summed E-state index contributed by atoms with van der Waals surface area (Å²) >= 11 is 3.91. The smallest absolute Gasteiger partial charge is 0.269 e. The summed E-state index contributed by atoms with van der Waals surface area (Å²) in [6.07, 6.45) is 0. The van der Waals surface area contributed by atoms with Gasteiger partial charge in [0.1, 0.15) is 5.82 Å². The minimum absolute atomic E-state index is 0.00961. The lowest BCUT2D eigenvalue weighted by Gasteiger charge is -2.11. The molecule has 0 saturated carbocycles. The Kier molecular flexibility index (Phi) is 8.98. The van der Waals surface area contributed by atoms with Gasteiger partial charge in [-0.3, -0.25) is 29.6 Å². The quantitative estimate of drug-likeness (QED) is 0.116. The van der Waals surface area contributed by atoms with Gasteiger partial charge in [0.05, 0.1) is 17.2 Å². The van der Waals surface area contributed by atoms with Gasteiger partial charge in [-0.15, -0.1) is 20.4 Å². The van der Waals surface area contributed by atoms with Crippen molar-refractivity contribution in [3.8, 4) is 5.69 Å². The largest absolute Gasteiger partial charge is 0.345 e. The molecular formula is C22H19FN8O4S3. The lowest BCUT2D eigenvalue weighted by molar-refractivity contribution is -0.384. The number of aromatic nitrogens is 5. The topological polar surface area (TPSA) is 158 Å². The van der Waals surface area contributed by atoms with Gasteiger partial charge < -0.3 is 5.32 Å². The molecule has 2 aromatic carbocycles. The highest BCUT2D eigenvalue weighted by molar-refractivity contribution is 8.01. The Morgan fingerprint density at radius 3 is 2.47 bits per heavy atom. The van der Waals surface area contributed by atoms with E-state index in [1.165, 1.54) is 71.6 Å². The van der Waals surface area contributed by atoms with Crippen LogP contribution in [-0.2, 0) is 11.3 Å². The van der Waals surface area contributed by atoms with Crippen molar-refractivity contribution < 1.29 is 18.9 Å². The zero-order valence-electron chi connectivity index (χ0n) is 19.7. The van der Waals surface area contributed by atoms with E-state index in [0.29, 0.717) is 21.8 Å². The van der Waals surface area contributed by atoms with Crippen molar-refractivity contribution >= 4 is 57.5 Å². The fraction of sp³-hybridized carbons (Fsp3) is 0.182. The van der Waals surface area contributed by atoms with Crippen molar-refractivity contribution in [1.82, 2.24) is 30.3 Å². The van der Waals surface area contributed by atoms with E-state index >= 15 is 0 Å². The summed E-state index contributed by atoms with van der Waals surface area (Å²) in [4.78, 5) is 35.3. The molecule has 0 spiro atoms. The standard InChI is InChI=1S/C22H19FN8O4S3/c1-2-36-22-29-27-20(38-22)25-18(32)12-37-21-28-26-17(30(21)15-9-5-14(23)6-10-15)11-24-19(33)13-3-7-16(8-4-13)31(34)35/h3-10H,2,11-12H2,1H3,(H,24,33)(H,25,27,32). The van der Waals surface area contributed by atoms with E-state index < -0.39 is 16.6 Å². The number of carbonyl (C=O) groups excluding carboxylic acids is 2. The Labute approximate surface area is 227 Å². The van der Waals surface area contributed by atoms with Gasteiger partial charge in [-0.1, -0.05) is 41.8 Å². The molecule has 12 nitrogen and oxygen atoms in total. The van der Waals surface area contributed by atoms with Gasteiger partial charge in [-0.05, 0) is 42.2 Å². The zero-order chi connectivity index (χ0) is 27.1. The number of hydrogen-bond donors (Lipinski definition) is 2. The number of halogens is 1. The van der Waals surface area contributed by atoms with Crippen LogP contribution in [0.3, 0.4) is 0 Å². The molecule has 4 rings (SSSR count). The molecule has 4 aromatic rings. The predicted molar refractivity (Wildman–Crippen MR) is 141 cm³/mol. The molecule has 0 saturated heterocycles. The number of amides is 2. The molecule has 2 aromatic heterocycles. The number of nitrogens with zero attached hydrogens (tertiary/aromatic N) is 6. The molecule has 0 bridgehead atoms. The number of hydrogen-bond acceptors (Lipinski definition) is 11. The number of nitro groups is 1. The van der Waals surface area contributed by atoms with E-state index in [1.807, 2.05) is 6.92 Å². The van der Waals surface area contributed by atoms with Gasteiger partial charge in [-0.2, -0.15) is 0 Å². The van der Waals surface area contributed by atoms with E-state index in [-0.39, 0.29) is 29.5 Å². The maximum Gasteiger partial charge on any atom is 0.269 e. The molecule has 2 heterocycles. The summed E-state index contributed by atoms with van der Waals surface area (Å²) in [6.45, 7) is 1.95. The van der Waals surface area contributed by atoms with E-state index in [9.17, 15) is 24.1 Å². The Morgan fingerprint density at radius 1 is 1.05 bits per heavy atom. The average Bonchev–Trinajstić information content (AvgIpc) is 3.53. The summed E-state index contributed by atoms with van der Waals surface area (Å²) in [6, 6.07) is 10.8. The second kappa shape index (κ2) is 12.6. The Hall–Kier alpha value is -3.89. The van der Waals surface area contributed by atoms with Crippen LogP contribution in [0.2, 0.25) is 0 Å². The third-order valence-electron chi connectivity index (χ3n) is 4.79. The number of nitro benzene ring substituents is 1. The van der Waals surface area contributed by atoms with Crippen LogP contribution in [0.4, 0.5) is 15.2 Å². The molecular weight excluding hydrogens is 555 g/mol. The molecule has 0 aliphatic heterocycles. The minimum atomic E-state index is -0.553. The van der Waals surface area contributed by atoms with Gasteiger partial charge in [0.2, 0.25) is 11.0 Å². The van der Waals surface area contributed by atoms with Crippen molar-refractivity contribution in [1.29, 1.82) is 0 Å². The number of non-ortho nitro benzene ring substituents is 1. The van der Waals surface area contributed by atoms with E-state index in [1.54, 1.807) is 4.57 Å². The third-order valence-corrected chi connectivity index (χ3v) is 7.57. The van der Waals surface area contributed by atoms with Crippen molar-refractivity contribution in [2.24, 2.45) is 0 Å². The number of carbonyl (C=O) groups is 2. The van der Waals surface area contributed by atoms with Crippen LogP contribution in [0.1, 0.15) is 23.1 Å². The number of nitrogens with one attached hydrogen (secondary N) is 2. The maximum atomic E-state index is 13.6. The monoisotopic (exact) mass is 574 g/mol. The summed E-state index contributed by atoms with van der Waals surface area (Å²) in [5.74, 6) is -0.0553. The van der Waals surface area contributed by atoms with Crippen molar-refractivity contribution in [3.05, 3.63) is 75.9 Å². The van der Waals surface area contributed by atoms with Crippen LogP contribution < -0.4 is 10.6 Å². The summed E-state index contributed by atoms with van der Waals surface area (Å²) in [7, 11) is 0. The molecule has 196 valence electrons. The van der Waals surface area contributed by atoms with Crippen molar-refractivity contribution in [2.45, 2.75) is 23.0 Å². The summed E-state index contributed by atoms with van der Waals surface area (Å²) < 4.78 is 15.9. The third kappa shape index (κ3) is 6.90. The molecule has 2 amide bonds. The number of anilines is 1. The fourth-order valence-corrected chi connectivity index (χ4v) is 5.52. The summed E-state index contributed by atoms with van der Waals surface area (Å²) in [5.41, 5.74) is 0.630. The first-order valence-corrected chi connectivity index (χ1v) is 13.7.